The molecule has 0 saturated heterocycles. The van der Waals surface area contributed by atoms with Crippen LogP contribution in [0.15, 0.2) is 29.3 Å². The van der Waals surface area contributed by atoms with Crippen molar-refractivity contribution in [2.75, 3.05) is 13.6 Å². The van der Waals surface area contributed by atoms with Crippen molar-refractivity contribution in [3.05, 3.63) is 35.4 Å². The van der Waals surface area contributed by atoms with Crippen LogP contribution in [0.3, 0.4) is 0 Å². The monoisotopic (exact) mass is 285 g/mol. The first-order valence-electron chi connectivity index (χ1n) is 6.59. The predicted octanol–water partition coefficient (Wildman–Crippen LogP) is 2.78. The highest BCUT2D eigenvalue weighted by atomic mass is 19.4. The molecule has 20 heavy (non-hydrogen) atoms. The Kier molecular flexibility index (Phi) is 4.52. The molecular formula is C14H18F3N3. The van der Waals surface area contributed by atoms with Crippen molar-refractivity contribution in [1.82, 2.24) is 10.6 Å². The topological polar surface area (TPSA) is 36.4 Å². The lowest BCUT2D eigenvalue weighted by molar-refractivity contribution is -0.137. The van der Waals surface area contributed by atoms with Gasteiger partial charge in [0.2, 0.25) is 0 Å². The van der Waals surface area contributed by atoms with Crippen LogP contribution in [-0.4, -0.2) is 19.6 Å². The van der Waals surface area contributed by atoms with Crippen LogP contribution < -0.4 is 10.6 Å². The van der Waals surface area contributed by atoms with Gasteiger partial charge in [0.1, 0.15) is 0 Å². The van der Waals surface area contributed by atoms with E-state index in [4.69, 9.17) is 0 Å². The van der Waals surface area contributed by atoms with E-state index in [0.29, 0.717) is 24.0 Å². The van der Waals surface area contributed by atoms with Crippen LogP contribution in [0, 0.1) is 5.92 Å². The number of benzene rings is 1. The van der Waals surface area contributed by atoms with Gasteiger partial charge in [0.25, 0.3) is 0 Å². The molecule has 0 unspecified atom stereocenters. The Bertz CT molecular complexity index is 479. The maximum Gasteiger partial charge on any atom is 0.416 e. The van der Waals surface area contributed by atoms with Gasteiger partial charge >= 0.3 is 6.18 Å². The van der Waals surface area contributed by atoms with Crippen LogP contribution in [0.2, 0.25) is 0 Å². The summed E-state index contributed by atoms with van der Waals surface area (Å²) in [6.45, 7) is 1.18. The minimum atomic E-state index is -4.30. The van der Waals surface area contributed by atoms with E-state index in [-0.39, 0.29) is 0 Å². The first-order valence-corrected chi connectivity index (χ1v) is 6.59. The normalized spacial score (nSPS) is 16.1. The zero-order valence-electron chi connectivity index (χ0n) is 11.3. The molecule has 1 saturated carbocycles. The average Bonchev–Trinajstić information content (AvgIpc) is 3.22. The molecule has 0 amide bonds. The van der Waals surface area contributed by atoms with Crippen molar-refractivity contribution in [3.8, 4) is 0 Å². The molecule has 0 aromatic heterocycles. The number of nitrogens with one attached hydrogen (secondary N) is 2. The van der Waals surface area contributed by atoms with E-state index in [1.54, 1.807) is 13.1 Å². The van der Waals surface area contributed by atoms with E-state index < -0.39 is 11.7 Å². The van der Waals surface area contributed by atoms with Crippen molar-refractivity contribution in [3.63, 3.8) is 0 Å². The van der Waals surface area contributed by atoms with Gasteiger partial charge in [-0.15, -0.1) is 0 Å². The zero-order chi connectivity index (χ0) is 14.6. The fraction of sp³-hybridized carbons (Fsp3) is 0.500. The SMILES string of the molecule is CN=C(NCc1cccc(C(F)(F)F)c1)NCC1CC1. The van der Waals surface area contributed by atoms with Crippen molar-refractivity contribution in [1.29, 1.82) is 0 Å². The van der Waals surface area contributed by atoms with Crippen LogP contribution in [0.4, 0.5) is 13.2 Å². The summed E-state index contributed by atoms with van der Waals surface area (Å²) in [6.07, 6.45) is -1.84. The number of hydrogen-bond acceptors (Lipinski definition) is 1. The van der Waals surface area contributed by atoms with Crippen molar-refractivity contribution >= 4 is 5.96 Å². The Balaban J connectivity index is 1.88. The minimum Gasteiger partial charge on any atom is -0.356 e. The summed E-state index contributed by atoms with van der Waals surface area (Å²) < 4.78 is 37.8. The van der Waals surface area contributed by atoms with Gasteiger partial charge in [0.15, 0.2) is 5.96 Å². The molecule has 0 spiro atoms. The molecule has 1 aliphatic carbocycles. The van der Waals surface area contributed by atoms with Gasteiger partial charge in [0, 0.05) is 20.1 Å². The summed E-state index contributed by atoms with van der Waals surface area (Å²) in [5.74, 6) is 1.33. The second-order valence-electron chi connectivity index (χ2n) is 4.95. The minimum absolute atomic E-state index is 0.314. The molecule has 1 aromatic carbocycles. The summed E-state index contributed by atoms with van der Waals surface area (Å²) in [4.78, 5) is 4.05. The fourth-order valence-electron chi connectivity index (χ4n) is 1.83. The van der Waals surface area contributed by atoms with Gasteiger partial charge in [-0.25, -0.2) is 0 Å². The molecule has 2 rings (SSSR count). The van der Waals surface area contributed by atoms with Crippen LogP contribution >= 0.6 is 0 Å². The summed E-state index contributed by atoms with van der Waals surface area (Å²) in [5, 5.41) is 6.18. The smallest absolute Gasteiger partial charge is 0.356 e. The maximum absolute atomic E-state index is 12.6. The lowest BCUT2D eigenvalue weighted by Crippen LogP contribution is -2.37. The predicted molar refractivity (Wildman–Crippen MR) is 72.4 cm³/mol. The van der Waals surface area contributed by atoms with Gasteiger partial charge < -0.3 is 10.6 Å². The summed E-state index contributed by atoms with van der Waals surface area (Å²) in [6, 6.07) is 5.31. The van der Waals surface area contributed by atoms with Crippen LogP contribution in [0.25, 0.3) is 0 Å². The van der Waals surface area contributed by atoms with Gasteiger partial charge in [-0.1, -0.05) is 12.1 Å². The summed E-state index contributed by atoms with van der Waals surface area (Å²) >= 11 is 0. The highest BCUT2D eigenvalue weighted by Gasteiger charge is 2.30. The van der Waals surface area contributed by atoms with E-state index in [1.807, 2.05) is 0 Å². The molecule has 0 bridgehead atoms. The molecule has 1 aromatic rings. The molecular weight excluding hydrogens is 267 g/mol. The first kappa shape index (κ1) is 14.7. The molecule has 0 radical (unpaired) electrons. The second-order valence-corrected chi connectivity index (χ2v) is 4.95. The number of halogens is 3. The van der Waals surface area contributed by atoms with E-state index in [0.717, 1.165) is 18.7 Å². The van der Waals surface area contributed by atoms with Gasteiger partial charge in [-0.2, -0.15) is 13.2 Å². The van der Waals surface area contributed by atoms with Crippen LogP contribution in [0.5, 0.6) is 0 Å². The van der Waals surface area contributed by atoms with Crippen molar-refractivity contribution in [2.45, 2.75) is 25.6 Å². The first-order chi connectivity index (χ1) is 9.49. The molecule has 110 valence electrons. The average molecular weight is 285 g/mol. The molecule has 2 N–H and O–H groups in total. The number of nitrogens with zero attached hydrogens (tertiary/aromatic N) is 1. The lowest BCUT2D eigenvalue weighted by Gasteiger charge is -2.13. The second kappa shape index (κ2) is 6.15. The Labute approximate surface area is 116 Å². The van der Waals surface area contributed by atoms with Crippen molar-refractivity contribution in [2.24, 2.45) is 10.9 Å². The fourth-order valence-corrected chi connectivity index (χ4v) is 1.83. The van der Waals surface area contributed by atoms with Crippen LogP contribution in [0.1, 0.15) is 24.0 Å². The van der Waals surface area contributed by atoms with Gasteiger partial charge in [-0.3, -0.25) is 4.99 Å². The van der Waals surface area contributed by atoms with Gasteiger partial charge in [0.05, 0.1) is 5.56 Å². The van der Waals surface area contributed by atoms with Crippen molar-refractivity contribution < 1.29 is 13.2 Å². The molecule has 0 atom stereocenters. The highest BCUT2D eigenvalue weighted by Crippen LogP contribution is 2.29. The Morgan fingerprint density at radius 1 is 1.30 bits per heavy atom. The highest BCUT2D eigenvalue weighted by molar-refractivity contribution is 5.79. The third-order valence-electron chi connectivity index (χ3n) is 3.19. The number of rotatable bonds is 4. The molecule has 6 heteroatoms. The third-order valence-corrected chi connectivity index (χ3v) is 3.19. The number of alkyl halides is 3. The van der Waals surface area contributed by atoms with Gasteiger partial charge in [-0.05, 0) is 36.5 Å². The third kappa shape index (κ3) is 4.43. The molecule has 3 nitrogen and oxygen atoms in total. The largest absolute Gasteiger partial charge is 0.416 e. The Morgan fingerprint density at radius 3 is 2.65 bits per heavy atom. The molecule has 0 heterocycles. The number of hydrogen-bond donors (Lipinski definition) is 2. The van der Waals surface area contributed by atoms with E-state index in [9.17, 15) is 13.2 Å². The zero-order valence-corrected chi connectivity index (χ0v) is 11.3. The molecule has 1 aliphatic rings. The maximum atomic E-state index is 12.6. The Morgan fingerprint density at radius 2 is 2.05 bits per heavy atom. The Hall–Kier alpha value is -1.72. The van der Waals surface area contributed by atoms with E-state index in [2.05, 4.69) is 15.6 Å². The lowest BCUT2D eigenvalue weighted by atomic mass is 10.1. The number of aliphatic imine (C=N–C) groups is 1. The van der Waals surface area contributed by atoms with E-state index in [1.165, 1.54) is 18.9 Å². The molecule has 0 aliphatic heterocycles. The summed E-state index contributed by atoms with van der Waals surface area (Å²) in [7, 11) is 1.65. The number of guanidine groups is 1. The van der Waals surface area contributed by atoms with E-state index >= 15 is 0 Å². The van der Waals surface area contributed by atoms with Crippen LogP contribution in [-0.2, 0) is 12.7 Å². The molecule has 1 fully saturated rings. The quantitative estimate of drug-likeness (QED) is 0.659. The standard InChI is InChI=1S/C14H18F3N3/c1-18-13(19-8-10-5-6-10)20-9-11-3-2-4-12(7-11)14(15,16)17/h2-4,7,10H,5-6,8-9H2,1H3,(H2,18,19,20). The summed E-state index contributed by atoms with van der Waals surface area (Å²) in [5.41, 5.74) is -0.0491.